The second-order valence-corrected chi connectivity index (χ2v) is 12.3. The minimum atomic E-state index is -0.949. The van der Waals surface area contributed by atoms with Gasteiger partial charge in [-0.15, -0.1) is 6.42 Å². The summed E-state index contributed by atoms with van der Waals surface area (Å²) in [7, 11) is 0. The predicted octanol–water partition coefficient (Wildman–Crippen LogP) is 5.19. The maximum atomic E-state index is 14.2. The standard InChI is InChI=1S/C29H45N3O4/c1-13-19(3)22(30-26(35)36-29(10,11)12)25(34)32(28(7,8)9)23(24(33)31-27(4,5)6)21-17-15-20(14-2)16-18-21/h2,15-19,22-23H,13H2,1,3-12H3,(H,30,35)(H,31,33). The van der Waals surface area contributed by atoms with Crippen molar-refractivity contribution in [3.05, 3.63) is 35.4 Å². The third-order valence-corrected chi connectivity index (χ3v) is 5.51. The van der Waals surface area contributed by atoms with E-state index in [0.29, 0.717) is 17.5 Å². The average Bonchev–Trinajstić information content (AvgIpc) is 2.71. The van der Waals surface area contributed by atoms with Crippen LogP contribution in [0.3, 0.4) is 0 Å². The van der Waals surface area contributed by atoms with Gasteiger partial charge in [0.05, 0.1) is 0 Å². The van der Waals surface area contributed by atoms with E-state index in [1.165, 1.54) is 0 Å². The molecule has 7 heteroatoms. The molecule has 1 aromatic carbocycles. The van der Waals surface area contributed by atoms with Crippen molar-refractivity contribution in [2.24, 2.45) is 5.92 Å². The predicted molar refractivity (Wildman–Crippen MR) is 144 cm³/mol. The van der Waals surface area contributed by atoms with Gasteiger partial charge in [-0.05, 0) is 85.9 Å². The van der Waals surface area contributed by atoms with E-state index in [9.17, 15) is 14.4 Å². The lowest BCUT2D eigenvalue weighted by atomic mass is 9.91. The molecule has 0 spiro atoms. The summed E-state index contributed by atoms with van der Waals surface area (Å²) < 4.78 is 5.44. The Bertz CT molecular complexity index is 957. The van der Waals surface area contributed by atoms with E-state index >= 15 is 0 Å². The Morgan fingerprint density at radius 3 is 1.92 bits per heavy atom. The monoisotopic (exact) mass is 499 g/mol. The average molecular weight is 500 g/mol. The molecule has 0 radical (unpaired) electrons. The first kappa shape index (κ1) is 31.0. The van der Waals surface area contributed by atoms with E-state index in [-0.39, 0.29) is 17.7 Å². The second-order valence-electron chi connectivity index (χ2n) is 12.3. The number of benzene rings is 1. The van der Waals surface area contributed by atoms with E-state index < -0.39 is 34.9 Å². The molecule has 0 bridgehead atoms. The number of hydrogen-bond donors (Lipinski definition) is 2. The first-order valence-electron chi connectivity index (χ1n) is 12.5. The molecule has 3 atom stereocenters. The van der Waals surface area contributed by atoms with E-state index in [2.05, 4.69) is 16.6 Å². The lowest BCUT2D eigenvalue weighted by Crippen LogP contribution is -2.60. The summed E-state index contributed by atoms with van der Waals surface area (Å²) in [5, 5.41) is 5.80. The van der Waals surface area contributed by atoms with Crippen LogP contribution in [0.25, 0.3) is 0 Å². The number of amides is 3. The maximum Gasteiger partial charge on any atom is 0.408 e. The molecule has 1 rings (SSSR count). The highest BCUT2D eigenvalue weighted by atomic mass is 16.6. The van der Waals surface area contributed by atoms with Crippen LogP contribution < -0.4 is 10.6 Å². The van der Waals surface area contributed by atoms with Crippen molar-refractivity contribution in [3.63, 3.8) is 0 Å². The van der Waals surface area contributed by atoms with E-state index in [1.54, 1.807) is 49.9 Å². The van der Waals surface area contributed by atoms with Crippen molar-refractivity contribution >= 4 is 17.9 Å². The number of rotatable bonds is 7. The van der Waals surface area contributed by atoms with Gasteiger partial charge >= 0.3 is 6.09 Å². The van der Waals surface area contributed by atoms with Gasteiger partial charge < -0.3 is 20.3 Å². The van der Waals surface area contributed by atoms with Crippen LogP contribution in [-0.4, -0.2) is 45.5 Å². The fraction of sp³-hybridized carbons (Fsp3) is 0.621. The molecule has 3 amide bonds. The van der Waals surface area contributed by atoms with Crippen molar-refractivity contribution in [2.45, 2.75) is 111 Å². The zero-order valence-corrected chi connectivity index (χ0v) is 23.9. The van der Waals surface area contributed by atoms with Crippen LogP contribution in [-0.2, 0) is 14.3 Å². The van der Waals surface area contributed by atoms with Gasteiger partial charge in [-0.25, -0.2) is 4.79 Å². The van der Waals surface area contributed by atoms with E-state index in [4.69, 9.17) is 11.2 Å². The molecule has 0 fully saturated rings. The van der Waals surface area contributed by atoms with Crippen molar-refractivity contribution in [3.8, 4) is 12.3 Å². The number of nitrogens with zero attached hydrogens (tertiary/aromatic N) is 1. The third kappa shape index (κ3) is 9.22. The molecule has 0 saturated heterocycles. The molecule has 0 aliphatic heterocycles. The van der Waals surface area contributed by atoms with Crippen LogP contribution in [0, 0.1) is 18.3 Å². The molecule has 0 aromatic heterocycles. The SMILES string of the molecule is C#Cc1ccc(C(C(=O)NC(C)(C)C)N(C(=O)C(NC(=O)OC(C)(C)C)C(C)CC)C(C)(C)C)cc1. The number of nitrogens with one attached hydrogen (secondary N) is 2. The summed E-state index contributed by atoms with van der Waals surface area (Å²) in [6.45, 7) is 20.4. The first-order valence-corrected chi connectivity index (χ1v) is 12.5. The fourth-order valence-electron chi connectivity index (χ4n) is 3.73. The first-order chi connectivity index (χ1) is 16.3. The molecular weight excluding hydrogens is 454 g/mol. The van der Waals surface area contributed by atoms with Gasteiger partial charge in [0.15, 0.2) is 0 Å². The third-order valence-electron chi connectivity index (χ3n) is 5.51. The molecule has 0 heterocycles. The molecule has 0 saturated carbocycles. The van der Waals surface area contributed by atoms with Crippen molar-refractivity contribution < 1.29 is 19.1 Å². The topological polar surface area (TPSA) is 87.7 Å². The van der Waals surface area contributed by atoms with Gasteiger partial charge in [0, 0.05) is 16.6 Å². The highest BCUT2D eigenvalue weighted by Gasteiger charge is 2.43. The van der Waals surface area contributed by atoms with Gasteiger partial charge in [-0.3, -0.25) is 9.59 Å². The summed E-state index contributed by atoms with van der Waals surface area (Å²) in [4.78, 5) is 42.2. The van der Waals surface area contributed by atoms with Crippen LogP contribution in [0.5, 0.6) is 0 Å². The lowest BCUT2D eigenvalue weighted by Gasteiger charge is -2.44. The van der Waals surface area contributed by atoms with Crippen LogP contribution in [0.2, 0.25) is 0 Å². The Hall–Kier alpha value is -3.01. The second kappa shape index (κ2) is 11.8. The van der Waals surface area contributed by atoms with E-state index in [1.807, 2.05) is 55.4 Å². The van der Waals surface area contributed by atoms with Crippen molar-refractivity contribution in [1.29, 1.82) is 0 Å². The minimum absolute atomic E-state index is 0.204. The summed E-state index contributed by atoms with van der Waals surface area (Å²) in [5.74, 6) is 1.69. The molecular formula is C29H45N3O4. The molecule has 0 aliphatic rings. The molecule has 200 valence electrons. The zero-order chi connectivity index (χ0) is 28.1. The molecule has 7 nitrogen and oxygen atoms in total. The Kier molecular flexibility index (Phi) is 10.2. The summed E-state index contributed by atoms with van der Waals surface area (Å²) >= 11 is 0. The number of ether oxygens (including phenoxy) is 1. The Morgan fingerprint density at radius 1 is 1.00 bits per heavy atom. The Balaban J connectivity index is 3.65. The van der Waals surface area contributed by atoms with Gasteiger partial charge in [0.1, 0.15) is 17.7 Å². The van der Waals surface area contributed by atoms with Gasteiger partial charge in [0.25, 0.3) is 0 Å². The highest BCUT2D eigenvalue weighted by molar-refractivity contribution is 5.93. The fourth-order valence-corrected chi connectivity index (χ4v) is 3.73. The van der Waals surface area contributed by atoms with Gasteiger partial charge in [0.2, 0.25) is 11.8 Å². The molecule has 36 heavy (non-hydrogen) atoms. The number of carbonyl (C=O) groups is 3. The lowest BCUT2D eigenvalue weighted by molar-refractivity contribution is -0.150. The van der Waals surface area contributed by atoms with Crippen molar-refractivity contribution in [1.82, 2.24) is 15.5 Å². The molecule has 2 N–H and O–H groups in total. The number of hydrogen-bond acceptors (Lipinski definition) is 4. The van der Waals surface area contributed by atoms with Crippen LogP contribution in [0.1, 0.15) is 99.8 Å². The van der Waals surface area contributed by atoms with Crippen LogP contribution >= 0.6 is 0 Å². The quantitative estimate of drug-likeness (QED) is 0.506. The number of carbonyl (C=O) groups excluding carboxylic acids is 3. The molecule has 0 aliphatic carbocycles. The zero-order valence-electron chi connectivity index (χ0n) is 23.9. The number of terminal acetylenes is 1. The van der Waals surface area contributed by atoms with Crippen LogP contribution in [0.4, 0.5) is 4.79 Å². The number of alkyl carbamates (subject to hydrolysis) is 1. The Morgan fingerprint density at radius 2 is 1.53 bits per heavy atom. The van der Waals surface area contributed by atoms with E-state index in [0.717, 1.165) is 0 Å². The summed E-state index contributed by atoms with van der Waals surface area (Å²) in [6, 6.07) is 5.21. The van der Waals surface area contributed by atoms with Crippen LogP contribution in [0.15, 0.2) is 24.3 Å². The summed E-state index contributed by atoms with van der Waals surface area (Å²) in [6.07, 6.45) is 5.49. The highest BCUT2D eigenvalue weighted by Crippen LogP contribution is 2.32. The Labute approximate surface area is 217 Å². The minimum Gasteiger partial charge on any atom is -0.444 e. The molecule has 3 unspecified atom stereocenters. The summed E-state index contributed by atoms with van der Waals surface area (Å²) in [5.41, 5.74) is -0.704. The maximum absolute atomic E-state index is 14.2. The normalized spacial score (nSPS) is 14.6. The smallest absolute Gasteiger partial charge is 0.408 e. The molecule has 1 aromatic rings. The van der Waals surface area contributed by atoms with Gasteiger partial charge in [-0.2, -0.15) is 0 Å². The largest absolute Gasteiger partial charge is 0.444 e. The van der Waals surface area contributed by atoms with Crippen molar-refractivity contribution in [2.75, 3.05) is 0 Å². The van der Waals surface area contributed by atoms with Gasteiger partial charge in [-0.1, -0.05) is 38.3 Å².